The summed E-state index contributed by atoms with van der Waals surface area (Å²) < 4.78 is 72.6. The first-order chi connectivity index (χ1) is 17.4. The molecule has 0 radical (unpaired) electrons. The van der Waals surface area contributed by atoms with Crippen LogP contribution in [0.5, 0.6) is 11.5 Å². The highest BCUT2D eigenvalue weighted by atomic mass is 32.2. The number of carbonyl (C=O) groups is 1. The molecular formula is C27H31F3N2O5S. The van der Waals surface area contributed by atoms with Gasteiger partial charge in [-0.15, -0.1) is 0 Å². The van der Waals surface area contributed by atoms with Gasteiger partial charge < -0.3 is 13.8 Å². The zero-order chi connectivity index (χ0) is 28.6. The first-order valence-electron chi connectivity index (χ1n) is 11.9. The average Bonchev–Trinajstić information content (AvgIpc) is 2.78. The predicted molar refractivity (Wildman–Crippen MR) is 140 cm³/mol. The summed E-state index contributed by atoms with van der Waals surface area (Å²) >= 11 is 0. The molecule has 11 heteroatoms. The number of amides is 1. The lowest BCUT2D eigenvalue weighted by Gasteiger charge is -2.31. The maximum Gasteiger partial charge on any atom is 0.534 e. The molecule has 0 aliphatic rings. The second-order valence-electron chi connectivity index (χ2n) is 10.5. The van der Waals surface area contributed by atoms with Crippen LogP contribution in [-0.2, 0) is 16.5 Å². The molecule has 3 aromatic rings. The molecule has 0 N–H and O–H groups in total. The standard InChI is InChI=1S/C27H31F3N2O5S/c1-16(2)14-22-24(36-25(33)32(7)26(4,5)6)23(18-10-8-17(3)9-11-18)20-15-19(12-13-21(20)31-22)37-38(34,35)27(28,29)30/h8-13,15-16H,14H2,1-7H3. The van der Waals surface area contributed by atoms with Crippen molar-refractivity contribution >= 4 is 27.1 Å². The lowest BCUT2D eigenvalue weighted by atomic mass is 9.95. The molecule has 0 saturated heterocycles. The number of rotatable bonds is 6. The third-order valence-corrected chi connectivity index (χ3v) is 6.86. The first kappa shape index (κ1) is 29.2. The van der Waals surface area contributed by atoms with Gasteiger partial charge in [-0.2, -0.15) is 21.6 Å². The Bertz CT molecular complexity index is 1440. The Balaban J connectivity index is 2.34. The van der Waals surface area contributed by atoms with Gasteiger partial charge >= 0.3 is 21.7 Å². The number of pyridine rings is 1. The smallest absolute Gasteiger partial charge is 0.408 e. The second-order valence-corrected chi connectivity index (χ2v) is 12.0. The Morgan fingerprint density at radius 1 is 1.05 bits per heavy atom. The number of ether oxygens (including phenoxy) is 1. The van der Waals surface area contributed by atoms with E-state index in [0.29, 0.717) is 28.8 Å². The van der Waals surface area contributed by atoms with Crippen LogP contribution in [0.25, 0.3) is 22.0 Å². The van der Waals surface area contributed by atoms with Crippen molar-refractivity contribution < 1.29 is 35.3 Å². The summed E-state index contributed by atoms with van der Waals surface area (Å²) in [6.45, 7) is 11.4. The Morgan fingerprint density at radius 3 is 2.18 bits per heavy atom. The molecule has 1 amide bonds. The van der Waals surface area contributed by atoms with Crippen molar-refractivity contribution in [3.8, 4) is 22.6 Å². The lowest BCUT2D eigenvalue weighted by Crippen LogP contribution is -2.44. The van der Waals surface area contributed by atoms with Crippen LogP contribution in [0.3, 0.4) is 0 Å². The van der Waals surface area contributed by atoms with Crippen molar-refractivity contribution in [3.05, 3.63) is 53.7 Å². The van der Waals surface area contributed by atoms with Crippen LogP contribution >= 0.6 is 0 Å². The highest BCUT2D eigenvalue weighted by molar-refractivity contribution is 7.88. The third kappa shape index (κ3) is 6.38. The summed E-state index contributed by atoms with van der Waals surface area (Å²) in [5.41, 5.74) is -3.36. The molecule has 3 rings (SSSR count). The minimum Gasteiger partial charge on any atom is -0.408 e. The van der Waals surface area contributed by atoms with Gasteiger partial charge in [-0.05, 0) is 63.8 Å². The number of aromatic nitrogens is 1. The summed E-state index contributed by atoms with van der Waals surface area (Å²) in [5, 5.41) is 0.262. The Hall–Kier alpha value is -3.34. The second kappa shape index (κ2) is 10.4. The van der Waals surface area contributed by atoms with E-state index in [0.717, 1.165) is 17.7 Å². The van der Waals surface area contributed by atoms with Gasteiger partial charge in [-0.1, -0.05) is 43.7 Å². The van der Waals surface area contributed by atoms with E-state index in [1.165, 1.54) is 11.0 Å². The molecule has 0 unspecified atom stereocenters. The van der Waals surface area contributed by atoms with E-state index in [4.69, 9.17) is 4.74 Å². The number of carbonyl (C=O) groups excluding carboxylic acids is 1. The quantitative estimate of drug-likeness (QED) is 0.245. The minimum absolute atomic E-state index is 0.128. The Morgan fingerprint density at radius 2 is 1.66 bits per heavy atom. The van der Waals surface area contributed by atoms with Gasteiger partial charge in [0, 0.05) is 23.5 Å². The topological polar surface area (TPSA) is 85.8 Å². The molecule has 0 saturated carbocycles. The fourth-order valence-electron chi connectivity index (χ4n) is 3.57. The monoisotopic (exact) mass is 552 g/mol. The van der Waals surface area contributed by atoms with Gasteiger partial charge in [0.25, 0.3) is 0 Å². The lowest BCUT2D eigenvalue weighted by molar-refractivity contribution is -0.0500. The summed E-state index contributed by atoms with van der Waals surface area (Å²) in [5.74, 6) is -0.277. The van der Waals surface area contributed by atoms with E-state index >= 15 is 0 Å². The van der Waals surface area contributed by atoms with E-state index < -0.39 is 33.0 Å². The number of nitrogens with zero attached hydrogens (tertiary/aromatic N) is 2. The van der Waals surface area contributed by atoms with E-state index in [1.54, 1.807) is 19.2 Å². The highest BCUT2D eigenvalue weighted by Crippen LogP contribution is 2.42. The zero-order valence-corrected chi connectivity index (χ0v) is 23.1. The summed E-state index contributed by atoms with van der Waals surface area (Å²) in [7, 11) is -4.30. The molecule has 1 heterocycles. The molecular weight excluding hydrogens is 521 g/mol. The van der Waals surface area contributed by atoms with Crippen molar-refractivity contribution in [1.82, 2.24) is 9.88 Å². The molecule has 1 aromatic heterocycles. The molecule has 0 fully saturated rings. The highest BCUT2D eigenvalue weighted by Gasteiger charge is 2.48. The van der Waals surface area contributed by atoms with Gasteiger partial charge in [0.15, 0.2) is 5.75 Å². The van der Waals surface area contributed by atoms with E-state index in [2.05, 4.69) is 9.17 Å². The normalized spacial score (nSPS) is 12.6. The van der Waals surface area contributed by atoms with Gasteiger partial charge in [0.1, 0.15) is 5.75 Å². The Kier molecular flexibility index (Phi) is 8.02. The van der Waals surface area contributed by atoms with Gasteiger partial charge in [0.05, 0.1) is 11.2 Å². The number of hydrogen-bond donors (Lipinski definition) is 0. The number of hydrogen-bond acceptors (Lipinski definition) is 6. The fraction of sp³-hybridized carbons (Fsp3) is 0.407. The molecule has 38 heavy (non-hydrogen) atoms. The molecule has 0 spiro atoms. The maximum absolute atomic E-state index is 13.2. The van der Waals surface area contributed by atoms with Crippen LogP contribution < -0.4 is 8.92 Å². The van der Waals surface area contributed by atoms with Crippen molar-refractivity contribution in [2.45, 2.75) is 59.0 Å². The van der Waals surface area contributed by atoms with Gasteiger partial charge in [0.2, 0.25) is 0 Å². The maximum atomic E-state index is 13.2. The number of aryl methyl sites for hydroxylation is 1. The van der Waals surface area contributed by atoms with Crippen molar-refractivity contribution in [2.75, 3.05) is 7.05 Å². The molecule has 0 atom stereocenters. The minimum atomic E-state index is -5.90. The molecule has 0 aliphatic heterocycles. The molecule has 0 bridgehead atoms. The summed E-state index contributed by atoms with van der Waals surface area (Å²) in [4.78, 5) is 19.3. The fourth-order valence-corrected chi connectivity index (χ4v) is 4.02. The largest absolute Gasteiger partial charge is 0.534 e. The number of benzene rings is 2. The summed E-state index contributed by atoms with van der Waals surface area (Å²) in [6, 6.07) is 10.9. The SMILES string of the molecule is Cc1ccc(-c2c(OC(=O)N(C)C(C)(C)C)c(CC(C)C)nc3ccc(OS(=O)(=O)C(F)(F)F)cc23)cc1. The first-order valence-corrected chi connectivity index (χ1v) is 13.3. The number of alkyl halides is 3. The Labute approximate surface area is 220 Å². The molecule has 7 nitrogen and oxygen atoms in total. The third-order valence-electron chi connectivity index (χ3n) is 5.88. The van der Waals surface area contributed by atoms with Crippen LogP contribution in [0.1, 0.15) is 45.9 Å². The van der Waals surface area contributed by atoms with Crippen molar-refractivity contribution in [3.63, 3.8) is 0 Å². The van der Waals surface area contributed by atoms with Gasteiger partial charge in [-0.25, -0.2) is 9.78 Å². The summed E-state index contributed by atoms with van der Waals surface area (Å²) in [6.07, 6.45) is -0.207. The van der Waals surface area contributed by atoms with E-state index in [-0.39, 0.29) is 17.1 Å². The van der Waals surface area contributed by atoms with Crippen LogP contribution in [0, 0.1) is 12.8 Å². The average molecular weight is 553 g/mol. The van der Waals surface area contributed by atoms with E-state index in [1.807, 2.05) is 53.7 Å². The number of fused-ring (bicyclic) bond motifs is 1. The van der Waals surface area contributed by atoms with Crippen LogP contribution in [0.15, 0.2) is 42.5 Å². The molecule has 2 aromatic carbocycles. The van der Waals surface area contributed by atoms with E-state index in [9.17, 15) is 26.4 Å². The molecule has 0 aliphatic carbocycles. The van der Waals surface area contributed by atoms with Crippen LogP contribution in [0.2, 0.25) is 0 Å². The van der Waals surface area contributed by atoms with Crippen LogP contribution in [0.4, 0.5) is 18.0 Å². The predicted octanol–water partition coefficient (Wildman–Crippen LogP) is 6.87. The zero-order valence-electron chi connectivity index (χ0n) is 22.3. The van der Waals surface area contributed by atoms with Crippen molar-refractivity contribution in [2.24, 2.45) is 5.92 Å². The van der Waals surface area contributed by atoms with Crippen molar-refractivity contribution in [1.29, 1.82) is 0 Å². The molecule has 206 valence electrons. The number of halogens is 3. The van der Waals surface area contributed by atoms with Crippen LogP contribution in [-0.4, -0.2) is 42.5 Å². The van der Waals surface area contributed by atoms with Gasteiger partial charge in [-0.3, -0.25) is 0 Å².